The Hall–Kier alpha value is -0.290. The third-order valence-corrected chi connectivity index (χ3v) is 2.03. The van der Waals surface area contributed by atoms with Crippen LogP contribution in [0.5, 0.6) is 0 Å². The highest BCUT2D eigenvalue weighted by Crippen LogP contribution is 2.36. The maximum atomic E-state index is 11.8. The van der Waals surface area contributed by atoms with Crippen molar-refractivity contribution in [1.29, 1.82) is 0 Å². The van der Waals surface area contributed by atoms with Crippen LogP contribution in [0.4, 0.5) is 13.2 Å². The molecule has 1 rings (SSSR count). The molecule has 0 bridgehead atoms. The van der Waals surface area contributed by atoms with Crippen molar-refractivity contribution in [3.8, 4) is 0 Å². The fraction of sp³-hybridized carbons (Fsp3) is 0.250. The third-order valence-electron chi connectivity index (χ3n) is 0.784. The highest BCUT2D eigenvalue weighted by atomic mass is 35.5. The Morgan fingerprint density at radius 2 is 2.10 bits per heavy atom. The lowest BCUT2D eigenvalue weighted by Gasteiger charge is -2.00. The van der Waals surface area contributed by atoms with Crippen LogP contribution in [-0.4, -0.2) is 4.37 Å². The molecule has 0 saturated heterocycles. The Morgan fingerprint density at radius 1 is 1.50 bits per heavy atom. The maximum Gasteiger partial charge on any atom is 0.428 e. The van der Waals surface area contributed by atoms with Gasteiger partial charge in [-0.25, -0.2) is 0 Å². The Balaban J connectivity index is 3.05. The van der Waals surface area contributed by atoms with Crippen molar-refractivity contribution < 1.29 is 13.2 Å². The van der Waals surface area contributed by atoms with E-state index in [4.69, 9.17) is 11.6 Å². The summed E-state index contributed by atoms with van der Waals surface area (Å²) in [5.41, 5.74) is 0. The van der Waals surface area contributed by atoms with E-state index in [2.05, 4.69) is 4.37 Å². The zero-order chi connectivity index (χ0) is 7.78. The SMILES string of the molecule is FC(F)(F)c1sncc1Cl. The van der Waals surface area contributed by atoms with Crippen LogP contribution in [0.15, 0.2) is 6.20 Å². The molecule has 1 aromatic heterocycles. The second-order valence-electron chi connectivity index (χ2n) is 1.50. The van der Waals surface area contributed by atoms with Crippen molar-refractivity contribution >= 4 is 23.1 Å². The molecule has 0 aromatic carbocycles. The normalized spacial score (nSPS) is 12.0. The van der Waals surface area contributed by atoms with E-state index < -0.39 is 11.1 Å². The molecule has 0 N–H and O–H groups in total. The summed E-state index contributed by atoms with van der Waals surface area (Å²) in [6.45, 7) is 0. The van der Waals surface area contributed by atoms with Gasteiger partial charge in [0, 0.05) is 0 Å². The Kier molecular flexibility index (Phi) is 1.87. The lowest BCUT2D eigenvalue weighted by atomic mass is 10.5. The highest BCUT2D eigenvalue weighted by Gasteiger charge is 2.35. The van der Waals surface area contributed by atoms with Crippen molar-refractivity contribution in [2.24, 2.45) is 0 Å². The number of hydrogen-bond donors (Lipinski definition) is 0. The molecule has 0 unspecified atom stereocenters. The van der Waals surface area contributed by atoms with Crippen LogP contribution < -0.4 is 0 Å². The maximum absolute atomic E-state index is 11.8. The minimum atomic E-state index is -4.36. The van der Waals surface area contributed by atoms with Gasteiger partial charge in [0.2, 0.25) is 0 Å². The second kappa shape index (κ2) is 2.39. The standard InChI is InChI=1S/C4HClF3NS/c5-2-1-9-10-3(2)4(6,7)8/h1H. The van der Waals surface area contributed by atoms with E-state index >= 15 is 0 Å². The van der Waals surface area contributed by atoms with Gasteiger partial charge in [-0.2, -0.15) is 17.5 Å². The first kappa shape index (κ1) is 7.81. The molecule has 0 aliphatic rings. The summed E-state index contributed by atoms with van der Waals surface area (Å²) in [5, 5.41) is -0.336. The molecule has 0 spiro atoms. The van der Waals surface area contributed by atoms with Gasteiger partial charge in [-0.05, 0) is 11.5 Å². The van der Waals surface area contributed by atoms with Crippen LogP contribution in [0, 0.1) is 0 Å². The van der Waals surface area contributed by atoms with Gasteiger partial charge in [0.25, 0.3) is 0 Å². The van der Waals surface area contributed by atoms with Crippen LogP contribution in [-0.2, 0) is 6.18 Å². The zero-order valence-electron chi connectivity index (χ0n) is 4.44. The zero-order valence-corrected chi connectivity index (χ0v) is 6.02. The van der Waals surface area contributed by atoms with Crippen LogP contribution >= 0.6 is 23.1 Å². The molecule has 0 saturated carbocycles. The van der Waals surface area contributed by atoms with Crippen LogP contribution in [0.1, 0.15) is 4.88 Å². The quantitative estimate of drug-likeness (QED) is 0.609. The number of alkyl halides is 3. The summed E-state index contributed by atoms with van der Waals surface area (Å²) in [7, 11) is 0. The van der Waals surface area contributed by atoms with Gasteiger partial charge < -0.3 is 0 Å². The summed E-state index contributed by atoms with van der Waals surface area (Å²) in [6, 6.07) is 0. The molecular formula is C4HClF3NS. The fourth-order valence-electron chi connectivity index (χ4n) is 0.415. The van der Waals surface area contributed by atoms with Gasteiger partial charge in [-0.3, -0.25) is 0 Å². The highest BCUT2D eigenvalue weighted by molar-refractivity contribution is 7.06. The first-order valence-electron chi connectivity index (χ1n) is 2.19. The van der Waals surface area contributed by atoms with Crippen molar-refractivity contribution in [2.45, 2.75) is 6.18 Å². The summed E-state index contributed by atoms with van der Waals surface area (Å²) in [4.78, 5) is -0.839. The molecule has 1 nitrogen and oxygen atoms in total. The van der Waals surface area contributed by atoms with Crippen LogP contribution in [0.25, 0.3) is 0 Å². The number of halogens is 4. The predicted molar refractivity (Wildman–Crippen MR) is 32.1 cm³/mol. The predicted octanol–water partition coefficient (Wildman–Crippen LogP) is 2.82. The molecule has 0 aliphatic heterocycles. The molecule has 6 heteroatoms. The third kappa shape index (κ3) is 1.41. The second-order valence-corrected chi connectivity index (χ2v) is 2.71. The number of hydrogen-bond acceptors (Lipinski definition) is 2. The van der Waals surface area contributed by atoms with E-state index in [1.54, 1.807) is 0 Å². The monoisotopic (exact) mass is 187 g/mol. The summed E-state index contributed by atoms with van der Waals surface area (Å²) in [5.74, 6) is 0. The van der Waals surface area contributed by atoms with Crippen molar-refractivity contribution in [3.05, 3.63) is 16.1 Å². The van der Waals surface area contributed by atoms with Gasteiger partial charge >= 0.3 is 6.18 Å². The summed E-state index contributed by atoms with van der Waals surface area (Å²) >= 11 is 5.50. The smallest absolute Gasteiger partial charge is 0.199 e. The molecule has 0 amide bonds. The molecule has 0 atom stereocenters. The molecule has 0 fully saturated rings. The van der Waals surface area contributed by atoms with Gasteiger partial charge in [0.05, 0.1) is 11.2 Å². The molecule has 10 heavy (non-hydrogen) atoms. The van der Waals surface area contributed by atoms with Gasteiger partial charge in [-0.1, -0.05) is 11.6 Å². The molecule has 1 heterocycles. The van der Waals surface area contributed by atoms with Crippen LogP contribution in [0.2, 0.25) is 5.02 Å². The topological polar surface area (TPSA) is 12.9 Å². The number of rotatable bonds is 0. The Bertz CT molecular complexity index is 231. The Morgan fingerprint density at radius 3 is 2.30 bits per heavy atom. The van der Waals surface area contributed by atoms with Crippen molar-refractivity contribution in [3.63, 3.8) is 0 Å². The minimum Gasteiger partial charge on any atom is -0.199 e. The van der Waals surface area contributed by atoms with E-state index in [-0.39, 0.29) is 5.02 Å². The lowest BCUT2D eigenvalue weighted by Crippen LogP contribution is -2.01. The van der Waals surface area contributed by atoms with Gasteiger partial charge in [0.15, 0.2) is 0 Å². The first-order chi connectivity index (χ1) is 4.52. The van der Waals surface area contributed by atoms with Crippen LogP contribution in [0.3, 0.4) is 0 Å². The molecule has 0 radical (unpaired) electrons. The molecule has 56 valence electrons. The molecule has 0 aliphatic carbocycles. The average Bonchev–Trinajstić information content (AvgIpc) is 2.11. The van der Waals surface area contributed by atoms with E-state index in [0.717, 1.165) is 6.20 Å². The minimum absolute atomic E-state index is 0.336. The van der Waals surface area contributed by atoms with Crippen molar-refractivity contribution in [2.75, 3.05) is 0 Å². The Labute approximate surface area is 63.6 Å². The molecule has 1 aromatic rings. The summed E-state index contributed by atoms with van der Waals surface area (Å²) in [6.07, 6.45) is -3.38. The first-order valence-corrected chi connectivity index (χ1v) is 3.34. The largest absolute Gasteiger partial charge is 0.428 e. The fourth-order valence-corrected chi connectivity index (χ4v) is 1.24. The lowest BCUT2D eigenvalue weighted by molar-refractivity contribution is -0.134. The van der Waals surface area contributed by atoms with Gasteiger partial charge in [0.1, 0.15) is 4.88 Å². The average molecular weight is 188 g/mol. The van der Waals surface area contributed by atoms with Gasteiger partial charge in [-0.15, -0.1) is 0 Å². The van der Waals surface area contributed by atoms with Crippen molar-refractivity contribution in [1.82, 2.24) is 4.37 Å². The molecular weight excluding hydrogens is 187 g/mol. The van der Waals surface area contributed by atoms with E-state index in [1.807, 2.05) is 0 Å². The van der Waals surface area contributed by atoms with E-state index in [1.165, 1.54) is 0 Å². The van der Waals surface area contributed by atoms with E-state index in [9.17, 15) is 13.2 Å². The van der Waals surface area contributed by atoms with E-state index in [0.29, 0.717) is 11.5 Å². The summed E-state index contributed by atoms with van der Waals surface area (Å²) < 4.78 is 38.6. The number of aromatic nitrogens is 1. The number of nitrogens with zero attached hydrogens (tertiary/aromatic N) is 1.